The molecule has 0 spiro atoms. The summed E-state index contributed by atoms with van der Waals surface area (Å²) in [6.07, 6.45) is 0. The van der Waals surface area contributed by atoms with Crippen molar-refractivity contribution in [3.05, 3.63) is 23.3 Å². The number of nitrogens with zero attached hydrogens (tertiary/aromatic N) is 1. The molecular weight excluding hydrogens is 255 g/mol. The van der Waals surface area contributed by atoms with E-state index < -0.39 is 12.7 Å². The first-order valence-corrected chi connectivity index (χ1v) is 6.64. The highest BCUT2D eigenvalue weighted by Crippen LogP contribution is 2.29. The van der Waals surface area contributed by atoms with E-state index in [-0.39, 0.29) is 12.5 Å². The van der Waals surface area contributed by atoms with Gasteiger partial charge in [-0.15, -0.1) is 0 Å². The molecule has 1 heterocycles. The van der Waals surface area contributed by atoms with Gasteiger partial charge in [-0.1, -0.05) is 19.9 Å². The van der Waals surface area contributed by atoms with Crippen molar-refractivity contribution in [3.63, 3.8) is 0 Å². The van der Waals surface area contributed by atoms with Crippen molar-refractivity contribution in [2.45, 2.75) is 38.8 Å². The van der Waals surface area contributed by atoms with Crippen molar-refractivity contribution in [2.75, 3.05) is 6.61 Å². The first-order valence-electron chi connectivity index (χ1n) is 6.64. The number of rotatable bonds is 4. The molecule has 0 aliphatic carbocycles. The van der Waals surface area contributed by atoms with Gasteiger partial charge in [0.25, 0.3) is 0 Å². The van der Waals surface area contributed by atoms with Gasteiger partial charge >= 0.3 is 7.12 Å². The third kappa shape index (κ3) is 2.80. The fourth-order valence-electron chi connectivity index (χ4n) is 2.31. The van der Waals surface area contributed by atoms with Crippen LogP contribution in [0.2, 0.25) is 0 Å². The van der Waals surface area contributed by atoms with Crippen LogP contribution in [-0.2, 0) is 11.3 Å². The van der Waals surface area contributed by atoms with Crippen LogP contribution in [-0.4, -0.2) is 24.3 Å². The molecule has 1 aliphatic heterocycles. The maximum Gasteiger partial charge on any atom is 0.492 e. The van der Waals surface area contributed by atoms with E-state index in [0.717, 1.165) is 16.6 Å². The van der Waals surface area contributed by atoms with Crippen molar-refractivity contribution in [1.82, 2.24) is 0 Å². The monoisotopic (exact) mass is 274 g/mol. The number of nitrogens with two attached hydrogens (primary N) is 1. The summed E-state index contributed by atoms with van der Waals surface area (Å²) in [5.41, 5.74) is 7.41. The van der Waals surface area contributed by atoms with Gasteiger partial charge in [-0.2, -0.15) is 5.26 Å². The number of benzene rings is 1. The Morgan fingerprint density at radius 1 is 1.60 bits per heavy atom. The van der Waals surface area contributed by atoms with Crippen molar-refractivity contribution >= 4 is 12.6 Å². The molecule has 2 rings (SSSR count). The summed E-state index contributed by atoms with van der Waals surface area (Å²) >= 11 is 0. The van der Waals surface area contributed by atoms with Crippen molar-refractivity contribution in [3.8, 4) is 11.8 Å². The first-order chi connectivity index (χ1) is 9.35. The van der Waals surface area contributed by atoms with Crippen molar-refractivity contribution in [2.24, 2.45) is 5.73 Å². The lowest BCUT2D eigenvalue weighted by Gasteiger charge is -2.21. The van der Waals surface area contributed by atoms with Crippen LogP contribution in [0, 0.1) is 11.3 Å². The fraction of sp³-hybridized carbons (Fsp3) is 0.500. The summed E-state index contributed by atoms with van der Waals surface area (Å²) in [5, 5.41) is 18.9. The number of nitriles is 1. The third-order valence-electron chi connectivity index (χ3n) is 3.34. The molecule has 5 nitrogen and oxygen atoms in total. The second kappa shape index (κ2) is 5.45. The van der Waals surface area contributed by atoms with Gasteiger partial charge < -0.3 is 20.1 Å². The van der Waals surface area contributed by atoms with E-state index in [9.17, 15) is 5.02 Å². The predicted octanol–water partition coefficient (Wildman–Crippen LogP) is 0.647. The summed E-state index contributed by atoms with van der Waals surface area (Å²) in [6, 6.07) is 5.73. The van der Waals surface area contributed by atoms with E-state index in [4.69, 9.17) is 20.4 Å². The van der Waals surface area contributed by atoms with Gasteiger partial charge in [-0.25, -0.2) is 0 Å². The molecule has 0 saturated heterocycles. The first kappa shape index (κ1) is 14.9. The van der Waals surface area contributed by atoms with Gasteiger partial charge in [-0.3, -0.25) is 0 Å². The van der Waals surface area contributed by atoms with E-state index in [1.165, 1.54) is 0 Å². The zero-order valence-corrected chi connectivity index (χ0v) is 12.0. The van der Waals surface area contributed by atoms with Crippen LogP contribution in [0.15, 0.2) is 12.1 Å². The van der Waals surface area contributed by atoms with Crippen LogP contribution >= 0.6 is 0 Å². The van der Waals surface area contributed by atoms with Crippen molar-refractivity contribution < 1.29 is 14.4 Å². The summed E-state index contributed by atoms with van der Waals surface area (Å²) < 4.78 is 11.0. The summed E-state index contributed by atoms with van der Waals surface area (Å²) in [6.45, 7) is 6.18. The van der Waals surface area contributed by atoms with Gasteiger partial charge in [-0.05, 0) is 35.5 Å². The minimum Gasteiger partial charge on any atom is -0.490 e. The van der Waals surface area contributed by atoms with E-state index in [1.54, 1.807) is 6.92 Å². The molecule has 6 heteroatoms. The lowest BCUT2D eigenvalue weighted by atomic mass is 9.73. The van der Waals surface area contributed by atoms with Crippen LogP contribution in [0.5, 0.6) is 5.75 Å². The molecule has 1 aromatic rings. The molecule has 1 aliphatic rings. The number of hydrogen-bond donors (Lipinski definition) is 2. The van der Waals surface area contributed by atoms with Crippen LogP contribution < -0.4 is 15.9 Å². The quantitative estimate of drug-likeness (QED) is 0.787. The van der Waals surface area contributed by atoms with E-state index in [2.05, 4.69) is 0 Å². The fourth-order valence-corrected chi connectivity index (χ4v) is 2.31. The van der Waals surface area contributed by atoms with Gasteiger partial charge in [0, 0.05) is 0 Å². The zero-order valence-electron chi connectivity index (χ0n) is 12.0. The average molecular weight is 274 g/mol. The lowest BCUT2D eigenvalue weighted by Crippen LogP contribution is -2.41. The normalized spacial score (nSPS) is 16.8. The lowest BCUT2D eigenvalue weighted by molar-refractivity contribution is 0.262. The van der Waals surface area contributed by atoms with E-state index in [1.807, 2.05) is 32.0 Å². The SMILES string of the molecule is CC(C)c1c(OC[C@](C)(N)C#N)ccc2c1B(O)OC2. The summed E-state index contributed by atoms with van der Waals surface area (Å²) in [7, 11) is -0.911. The molecule has 3 N–H and O–H groups in total. The molecular formula is C14H19BN2O3. The highest BCUT2D eigenvalue weighted by molar-refractivity contribution is 6.62. The second-order valence-electron chi connectivity index (χ2n) is 5.69. The highest BCUT2D eigenvalue weighted by Gasteiger charge is 2.33. The van der Waals surface area contributed by atoms with Crippen LogP contribution in [0.25, 0.3) is 0 Å². The molecule has 0 aromatic heterocycles. The molecule has 20 heavy (non-hydrogen) atoms. The minimum absolute atomic E-state index is 0.0962. The Morgan fingerprint density at radius 3 is 2.90 bits per heavy atom. The Hall–Kier alpha value is -1.55. The molecule has 0 fully saturated rings. The summed E-state index contributed by atoms with van der Waals surface area (Å²) in [5.74, 6) is 0.817. The standard InChI is InChI=1S/C14H19BN2O3/c1-9(2)12-11(19-8-14(3,17)7-16)5-4-10-6-20-15(18)13(10)12/h4-5,9,18H,6,8,17H2,1-3H3/t14-/m1/s1. The van der Waals surface area contributed by atoms with Crippen molar-refractivity contribution in [1.29, 1.82) is 5.26 Å². The zero-order chi connectivity index (χ0) is 14.9. The molecule has 0 saturated carbocycles. The molecule has 1 aromatic carbocycles. The minimum atomic E-state index is -1.04. The van der Waals surface area contributed by atoms with Gasteiger partial charge in [0.1, 0.15) is 17.9 Å². The van der Waals surface area contributed by atoms with Crippen LogP contribution in [0.3, 0.4) is 0 Å². The number of hydrogen-bond acceptors (Lipinski definition) is 5. The maximum absolute atomic E-state index is 9.95. The maximum atomic E-state index is 9.95. The third-order valence-corrected chi connectivity index (χ3v) is 3.34. The average Bonchev–Trinajstić information content (AvgIpc) is 2.77. The van der Waals surface area contributed by atoms with Gasteiger partial charge in [0.05, 0.1) is 12.7 Å². The molecule has 106 valence electrons. The van der Waals surface area contributed by atoms with E-state index >= 15 is 0 Å². The number of fused-ring (bicyclic) bond motifs is 1. The predicted molar refractivity (Wildman–Crippen MR) is 76.6 cm³/mol. The highest BCUT2D eigenvalue weighted by atomic mass is 16.5. The Balaban J connectivity index is 2.35. The second-order valence-corrected chi connectivity index (χ2v) is 5.69. The Morgan fingerprint density at radius 2 is 2.30 bits per heavy atom. The molecule has 0 amide bonds. The van der Waals surface area contributed by atoms with Crippen LogP contribution in [0.4, 0.5) is 0 Å². The molecule has 1 atom stereocenters. The Kier molecular flexibility index (Phi) is 4.05. The smallest absolute Gasteiger partial charge is 0.490 e. The Labute approximate surface area is 119 Å². The number of ether oxygens (including phenoxy) is 1. The van der Waals surface area contributed by atoms with Gasteiger partial charge in [0.15, 0.2) is 0 Å². The molecule has 0 bridgehead atoms. The Bertz CT molecular complexity index is 552. The molecule has 0 radical (unpaired) electrons. The van der Waals surface area contributed by atoms with Crippen LogP contribution in [0.1, 0.15) is 37.8 Å². The van der Waals surface area contributed by atoms with Gasteiger partial charge in [0.2, 0.25) is 0 Å². The topological polar surface area (TPSA) is 88.5 Å². The summed E-state index contributed by atoms with van der Waals surface area (Å²) in [4.78, 5) is 0. The molecule has 0 unspecified atom stereocenters. The largest absolute Gasteiger partial charge is 0.492 e. The van der Waals surface area contributed by atoms with E-state index in [0.29, 0.717) is 12.4 Å².